The Hall–Kier alpha value is -4.17. The Bertz CT molecular complexity index is 1590. The monoisotopic (exact) mass is 607 g/mol. The van der Waals surface area contributed by atoms with Gasteiger partial charge in [-0.05, 0) is 99.1 Å². The van der Waals surface area contributed by atoms with E-state index in [0.29, 0.717) is 37.4 Å². The lowest BCUT2D eigenvalue weighted by atomic mass is 9.98. The second-order valence-corrected chi connectivity index (χ2v) is 12.5. The zero-order valence-corrected chi connectivity index (χ0v) is 26.1. The lowest BCUT2D eigenvalue weighted by molar-refractivity contribution is -0.118. The average Bonchev–Trinajstić information content (AvgIpc) is 3.41. The Morgan fingerprint density at radius 2 is 1.58 bits per heavy atom. The van der Waals surface area contributed by atoms with Gasteiger partial charge in [0, 0.05) is 62.0 Å². The van der Waals surface area contributed by atoms with Crippen molar-refractivity contribution >= 4 is 11.7 Å². The summed E-state index contributed by atoms with van der Waals surface area (Å²) >= 11 is 0. The fourth-order valence-electron chi connectivity index (χ4n) is 6.74. The van der Waals surface area contributed by atoms with Gasteiger partial charge in [0.1, 0.15) is 11.6 Å². The Morgan fingerprint density at radius 3 is 2.27 bits per heavy atom. The molecule has 234 valence electrons. The number of nitrogens with zero attached hydrogens (tertiary/aromatic N) is 5. The third-order valence-corrected chi connectivity index (χ3v) is 9.39. The van der Waals surface area contributed by atoms with Gasteiger partial charge in [-0.1, -0.05) is 36.8 Å². The summed E-state index contributed by atoms with van der Waals surface area (Å²) in [5.74, 6) is -0.142. The predicted molar refractivity (Wildman–Crippen MR) is 173 cm³/mol. The van der Waals surface area contributed by atoms with E-state index in [4.69, 9.17) is 5.10 Å². The molecule has 0 bridgehead atoms. The highest BCUT2D eigenvalue weighted by molar-refractivity contribution is 5.94. The number of hydrogen-bond donors (Lipinski definition) is 0. The van der Waals surface area contributed by atoms with Gasteiger partial charge in [-0.15, -0.1) is 0 Å². The van der Waals surface area contributed by atoms with Crippen molar-refractivity contribution in [3.63, 3.8) is 0 Å². The van der Waals surface area contributed by atoms with Crippen LogP contribution in [-0.2, 0) is 24.1 Å². The van der Waals surface area contributed by atoms with Crippen molar-refractivity contribution < 1.29 is 14.0 Å². The molecular weight excluding hydrogens is 565 g/mol. The first-order valence-corrected chi connectivity index (χ1v) is 16.3. The summed E-state index contributed by atoms with van der Waals surface area (Å²) in [7, 11) is 0. The molecule has 8 heteroatoms. The van der Waals surface area contributed by atoms with Crippen LogP contribution in [-0.4, -0.2) is 68.5 Å². The number of likely N-dealkylation sites (tertiary alicyclic amines) is 2. The quantitative estimate of drug-likeness (QED) is 0.217. The SMILES string of the molecule is Cc1c(Cc2ccc(F)cc2)c(C(=O)N2CCC(N3CCCCC3)CC2)nn1-c1ccc(CC(=O)CCc2cccnc2)cc1. The molecule has 2 aromatic carbocycles. The van der Waals surface area contributed by atoms with Crippen LogP contribution in [0.4, 0.5) is 4.39 Å². The van der Waals surface area contributed by atoms with Crippen molar-refractivity contribution in [1.82, 2.24) is 24.6 Å². The number of ketones is 1. The smallest absolute Gasteiger partial charge is 0.274 e. The average molecular weight is 608 g/mol. The minimum absolute atomic E-state index is 0.0399. The number of aromatic nitrogens is 3. The summed E-state index contributed by atoms with van der Waals surface area (Å²) in [6.45, 7) is 5.78. The molecule has 7 nitrogen and oxygen atoms in total. The van der Waals surface area contributed by atoms with Crippen LogP contribution in [0.3, 0.4) is 0 Å². The van der Waals surface area contributed by atoms with E-state index in [9.17, 15) is 14.0 Å². The summed E-state index contributed by atoms with van der Waals surface area (Å²) in [5.41, 5.74) is 5.97. The zero-order valence-electron chi connectivity index (χ0n) is 26.1. The van der Waals surface area contributed by atoms with Gasteiger partial charge in [-0.3, -0.25) is 14.6 Å². The van der Waals surface area contributed by atoms with Gasteiger partial charge in [0.05, 0.1) is 5.69 Å². The van der Waals surface area contributed by atoms with E-state index >= 15 is 0 Å². The predicted octanol–water partition coefficient (Wildman–Crippen LogP) is 6.14. The van der Waals surface area contributed by atoms with Crippen LogP contribution in [0.1, 0.15) is 77.0 Å². The minimum Gasteiger partial charge on any atom is -0.337 e. The molecule has 0 radical (unpaired) electrons. The maximum atomic E-state index is 14.0. The van der Waals surface area contributed by atoms with E-state index in [-0.39, 0.29) is 17.5 Å². The van der Waals surface area contributed by atoms with Crippen molar-refractivity contribution in [2.75, 3.05) is 26.2 Å². The van der Waals surface area contributed by atoms with Crippen LogP contribution < -0.4 is 0 Å². The highest BCUT2D eigenvalue weighted by Gasteiger charge is 2.31. The molecular formula is C37H42FN5O2. The van der Waals surface area contributed by atoms with Gasteiger partial charge in [0.15, 0.2) is 5.69 Å². The maximum absolute atomic E-state index is 14.0. The number of benzene rings is 2. The van der Waals surface area contributed by atoms with Crippen LogP contribution in [0.25, 0.3) is 5.69 Å². The molecule has 6 rings (SSSR count). The van der Waals surface area contributed by atoms with Gasteiger partial charge >= 0.3 is 0 Å². The first-order valence-electron chi connectivity index (χ1n) is 16.3. The molecule has 2 aliphatic rings. The van der Waals surface area contributed by atoms with E-state index in [2.05, 4.69) is 9.88 Å². The normalized spacial score (nSPS) is 16.2. The molecule has 45 heavy (non-hydrogen) atoms. The van der Waals surface area contributed by atoms with E-state index in [0.717, 1.165) is 59.6 Å². The molecule has 0 aliphatic carbocycles. The fourth-order valence-corrected chi connectivity index (χ4v) is 6.74. The number of piperidine rings is 2. The van der Waals surface area contributed by atoms with Crippen molar-refractivity contribution in [2.45, 2.75) is 70.8 Å². The van der Waals surface area contributed by atoms with Gasteiger partial charge in [-0.25, -0.2) is 9.07 Å². The Kier molecular flexibility index (Phi) is 9.79. The number of halogens is 1. The standard InChI is InChI=1S/C37H42FN5O2/c1-27-35(25-29-7-12-31(38)13-8-29)36(37(45)42-22-17-32(18-23-42)41-20-3-2-4-21-41)40-43(27)33-14-9-28(10-15-33)24-34(44)16-11-30-6-5-19-39-26-30/h5-10,12-15,19,26,32H,2-4,11,16-18,20-25H2,1H3. The molecule has 2 fully saturated rings. The Labute approximate surface area is 265 Å². The molecule has 0 saturated carbocycles. The number of hydrogen-bond acceptors (Lipinski definition) is 5. The number of carbonyl (C=O) groups excluding carboxylic acids is 2. The van der Waals surface area contributed by atoms with E-state index in [1.54, 1.807) is 24.5 Å². The summed E-state index contributed by atoms with van der Waals surface area (Å²) in [6, 6.07) is 18.7. The van der Waals surface area contributed by atoms with Crippen LogP contribution >= 0.6 is 0 Å². The summed E-state index contributed by atoms with van der Waals surface area (Å²) in [5, 5.41) is 4.90. The van der Waals surface area contributed by atoms with Crippen molar-refractivity contribution in [1.29, 1.82) is 0 Å². The molecule has 0 spiro atoms. The van der Waals surface area contributed by atoms with Gasteiger partial charge in [-0.2, -0.15) is 5.10 Å². The zero-order chi connectivity index (χ0) is 31.2. The molecule has 0 atom stereocenters. The van der Waals surface area contributed by atoms with Crippen molar-refractivity contribution in [3.05, 3.63) is 113 Å². The highest BCUT2D eigenvalue weighted by atomic mass is 19.1. The van der Waals surface area contributed by atoms with Crippen molar-refractivity contribution in [3.8, 4) is 5.69 Å². The molecule has 0 N–H and O–H groups in total. The molecule has 2 aromatic heterocycles. The Balaban J connectivity index is 1.18. The van der Waals surface area contributed by atoms with Crippen LogP contribution in [0.2, 0.25) is 0 Å². The first-order chi connectivity index (χ1) is 21.9. The maximum Gasteiger partial charge on any atom is 0.274 e. The number of carbonyl (C=O) groups is 2. The molecule has 1 amide bonds. The van der Waals surface area contributed by atoms with E-state index < -0.39 is 0 Å². The lowest BCUT2D eigenvalue weighted by Crippen LogP contribution is -2.48. The van der Waals surface area contributed by atoms with Gasteiger partial charge in [0.25, 0.3) is 5.91 Å². The van der Waals surface area contributed by atoms with Gasteiger partial charge < -0.3 is 9.80 Å². The highest BCUT2D eigenvalue weighted by Crippen LogP contribution is 2.26. The fraction of sp³-hybridized carbons (Fsp3) is 0.405. The molecule has 4 aromatic rings. The second-order valence-electron chi connectivity index (χ2n) is 12.5. The van der Waals surface area contributed by atoms with E-state index in [1.807, 2.05) is 52.9 Å². The summed E-state index contributed by atoms with van der Waals surface area (Å²) in [4.78, 5) is 35.4. The van der Waals surface area contributed by atoms with Crippen LogP contribution in [0.15, 0.2) is 73.1 Å². The topological polar surface area (TPSA) is 71.3 Å². The number of amides is 1. The third kappa shape index (κ3) is 7.56. The largest absolute Gasteiger partial charge is 0.337 e. The number of Topliss-reactive ketones (excluding diaryl/α,β-unsaturated/α-hetero) is 1. The Morgan fingerprint density at radius 1 is 0.867 bits per heavy atom. The number of rotatable bonds is 10. The molecule has 4 heterocycles. The summed E-state index contributed by atoms with van der Waals surface area (Å²) in [6.07, 6.45) is 11.4. The molecule has 0 unspecified atom stereocenters. The molecule has 2 saturated heterocycles. The number of pyridine rings is 1. The minimum atomic E-state index is -0.283. The van der Waals surface area contributed by atoms with Gasteiger partial charge in [0.2, 0.25) is 0 Å². The molecule has 2 aliphatic heterocycles. The van der Waals surface area contributed by atoms with E-state index in [1.165, 1.54) is 44.5 Å². The van der Waals surface area contributed by atoms with Crippen molar-refractivity contribution in [2.24, 2.45) is 0 Å². The van der Waals surface area contributed by atoms with Crippen LogP contribution in [0, 0.1) is 12.7 Å². The van der Waals surface area contributed by atoms with Crippen LogP contribution in [0.5, 0.6) is 0 Å². The lowest BCUT2D eigenvalue weighted by Gasteiger charge is -2.40. The third-order valence-electron chi connectivity index (χ3n) is 9.39. The second kappa shape index (κ2) is 14.3. The summed E-state index contributed by atoms with van der Waals surface area (Å²) < 4.78 is 15.5. The number of aryl methyl sites for hydroxylation is 1. The first kappa shape index (κ1) is 30.8.